The molecule has 9 heteroatoms. The van der Waals surface area contributed by atoms with Crippen LogP contribution in [0, 0.1) is 17.2 Å². The fraction of sp³-hybridized carbons (Fsp3) is 0.533. The van der Waals surface area contributed by atoms with E-state index in [2.05, 4.69) is 11.9 Å². The predicted molar refractivity (Wildman–Crippen MR) is 82.0 cm³/mol. The third kappa shape index (κ3) is 3.71. The van der Waals surface area contributed by atoms with E-state index in [0.29, 0.717) is 12.8 Å². The number of nitrogens with one attached hydrogen (secondary N) is 1. The van der Waals surface area contributed by atoms with E-state index >= 15 is 0 Å². The highest BCUT2D eigenvalue weighted by molar-refractivity contribution is 6.08. The van der Waals surface area contributed by atoms with Crippen molar-refractivity contribution in [1.82, 2.24) is 10.2 Å². The SMILES string of the molecule is C=C(N)[C@@H](C#N)C(=O)COC(=O)CN1C(=O)NC(CC)(CC)C1=O. The van der Waals surface area contributed by atoms with Crippen molar-refractivity contribution in [3.63, 3.8) is 0 Å². The van der Waals surface area contributed by atoms with E-state index in [4.69, 9.17) is 15.7 Å². The van der Waals surface area contributed by atoms with Gasteiger partial charge in [0.15, 0.2) is 12.4 Å². The Morgan fingerprint density at radius 1 is 1.42 bits per heavy atom. The van der Waals surface area contributed by atoms with Crippen LogP contribution in [0.15, 0.2) is 12.3 Å². The van der Waals surface area contributed by atoms with Gasteiger partial charge in [0.25, 0.3) is 5.91 Å². The summed E-state index contributed by atoms with van der Waals surface area (Å²) in [6.45, 7) is 5.51. The first kappa shape index (κ1) is 19.2. The lowest BCUT2D eigenvalue weighted by atomic mass is 9.93. The van der Waals surface area contributed by atoms with Gasteiger partial charge in [-0.3, -0.25) is 19.3 Å². The topological polar surface area (TPSA) is 143 Å². The highest BCUT2D eigenvalue weighted by Gasteiger charge is 2.49. The molecule has 1 saturated heterocycles. The lowest BCUT2D eigenvalue weighted by molar-refractivity contribution is -0.151. The average molecular weight is 336 g/mol. The fourth-order valence-electron chi connectivity index (χ4n) is 2.32. The van der Waals surface area contributed by atoms with Gasteiger partial charge in [-0.1, -0.05) is 20.4 Å². The third-order valence-corrected chi connectivity index (χ3v) is 3.94. The molecule has 1 fully saturated rings. The molecule has 1 rings (SSSR count). The molecule has 0 bridgehead atoms. The maximum Gasteiger partial charge on any atom is 0.326 e. The molecule has 0 saturated carbocycles. The van der Waals surface area contributed by atoms with E-state index in [1.807, 2.05) is 0 Å². The molecule has 1 heterocycles. The summed E-state index contributed by atoms with van der Waals surface area (Å²) >= 11 is 0. The number of esters is 1. The number of nitrogens with zero attached hydrogens (tertiary/aromatic N) is 2. The van der Waals surface area contributed by atoms with Crippen molar-refractivity contribution in [2.75, 3.05) is 13.2 Å². The molecule has 130 valence electrons. The minimum absolute atomic E-state index is 0.150. The van der Waals surface area contributed by atoms with Gasteiger partial charge in [0.2, 0.25) is 0 Å². The Balaban J connectivity index is 2.65. The first-order valence-electron chi connectivity index (χ1n) is 7.38. The van der Waals surface area contributed by atoms with Crippen LogP contribution < -0.4 is 11.1 Å². The highest BCUT2D eigenvalue weighted by Crippen LogP contribution is 2.24. The Hall–Kier alpha value is -2.89. The van der Waals surface area contributed by atoms with Crippen LogP contribution in [-0.4, -0.2) is 47.3 Å². The molecule has 0 aromatic rings. The highest BCUT2D eigenvalue weighted by atomic mass is 16.5. The van der Waals surface area contributed by atoms with Crippen molar-refractivity contribution >= 4 is 23.7 Å². The summed E-state index contributed by atoms with van der Waals surface area (Å²) in [5.41, 5.74) is 4.13. The van der Waals surface area contributed by atoms with Gasteiger partial charge in [-0.15, -0.1) is 0 Å². The number of carbonyl (C=O) groups excluding carboxylic acids is 4. The van der Waals surface area contributed by atoms with Crippen LogP contribution in [0.25, 0.3) is 0 Å². The number of ether oxygens (including phenoxy) is 1. The number of Topliss-reactive ketones (excluding diaryl/α,β-unsaturated/α-hetero) is 1. The minimum atomic E-state index is -1.28. The maximum atomic E-state index is 12.3. The Kier molecular flexibility index (Phi) is 6.06. The van der Waals surface area contributed by atoms with Gasteiger partial charge in [0.1, 0.15) is 18.0 Å². The second-order valence-electron chi connectivity index (χ2n) is 5.37. The number of urea groups is 1. The molecule has 24 heavy (non-hydrogen) atoms. The molecule has 3 N–H and O–H groups in total. The zero-order valence-corrected chi connectivity index (χ0v) is 13.6. The predicted octanol–water partition coefficient (Wildman–Crippen LogP) is -0.179. The third-order valence-electron chi connectivity index (χ3n) is 3.94. The molecule has 0 aliphatic carbocycles. The van der Waals surface area contributed by atoms with E-state index in [-0.39, 0.29) is 5.70 Å². The van der Waals surface area contributed by atoms with Gasteiger partial charge in [-0.05, 0) is 12.8 Å². The second kappa shape index (κ2) is 7.59. The summed E-state index contributed by atoms with van der Waals surface area (Å²) in [5, 5.41) is 11.4. The number of allylic oxidation sites excluding steroid dienone is 1. The minimum Gasteiger partial charge on any atom is -0.456 e. The van der Waals surface area contributed by atoms with Crippen molar-refractivity contribution in [2.45, 2.75) is 32.2 Å². The van der Waals surface area contributed by atoms with E-state index < -0.39 is 48.3 Å². The van der Waals surface area contributed by atoms with E-state index in [1.54, 1.807) is 19.9 Å². The molecule has 1 atom stereocenters. The van der Waals surface area contributed by atoms with Crippen LogP contribution >= 0.6 is 0 Å². The fourth-order valence-corrected chi connectivity index (χ4v) is 2.32. The van der Waals surface area contributed by atoms with Gasteiger partial charge in [0.05, 0.1) is 6.07 Å². The number of rotatable bonds is 8. The first-order valence-corrected chi connectivity index (χ1v) is 7.38. The van der Waals surface area contributed by atoms with Crippen molar-refractivity contribution in [1.29, 1.82) is 5.26 Å². The van der Waals surface area contributed by atoms with E-state index in [0.717, 1.165) is 4.90 Å². The van der Waals surface area contributed by atoms with E-state index in [9.17, 15) is 19.2 Å². The van der Waals surface area contributed by atoms with Crippen LogP contribution in [0.5, 0.6) is 0 Å². The molecule has 0 radical (unpaired) electrons. The second-order valence-corrected chi connectivity index (χ2v) is 5.37. The molecule has 0 spiro atoms. The summed E-state index contributed by atoms with van der Waals surface area (Å²) in [6.07, 6.45) is 0.779. The quantitative estimate of drug-likeness (QED) is 0.462. The number of hydrogen-bond donors (Lipinski definition) is 2. The first-order chi connectivity index (χ1) is 11.2. The Morgan fingerprint density at radius 3 is 2.42 bits per heavy atom. The normalized spacial score (nSPS) is 17.0. The molecule has 3 amide bonds. The number of hydrogen-bond acceptors (Lipinski definition) is 7. The van der Waals surface area contributed by atoms with Crippen LogP contribution in [0.4, 0.5) is 4.79 Å². The summed E-state index contributed by atoms with van der Waals surface area (Å²) in [6, 6.07) is 0.961. The van der Waals surface area contributed by atoms with Gasteiger partial charge in [0, 0.05) is 5.70 Å². The lowest BCUT2D eigenvalue weighted by Gasteiger charge is -2.22. The largest absolute Gasteiger partial charge is 0.456 e. The average Bonchev–Trinajstić information content (AvgIpc) is 2.78. The van der Waals surface area contributed by atoms with Crippen molar-refractivity contribution in [3.05, 3.63) is 12.3 Å². The number of nitrogens with two attached hydrogens (primary N) is 1. The van der Waals surface area contributed by atoms with E-state index in [1.165, 1.54) is 0 Å². The molecule has 1 aliphatic heterocycles. The Labute approximate surface area is 139 Å². The molecule has 0 aromatic carbocycles. The van der Waals surface area contributed by atoms with Crippen LogP contribution in [-0.2, 0) is 19.1 Å². The number of imide groups is 1. The number of amides is 3. The van der Waals surface area contributed by atoms with Gasteiger partial charge < -0.3 is 15.8 Å². The van der Waals surface area contributed by atoms with Gasteiger partial charge >= 0.3 is 12.0 Å². The monoisotopic (exact) mass is 336 g/mol. The molecule has 9 nitrogen and oxygen atoms in total. The van der Waals surface area contributed by atoms with Gasteiger partial charge in [-0.25, -0.2) is 4.79 Å². The van der Waals surface area contributed by atoms with Crippen molar-refractivity contribution < 1.29 is 23.9 Å². The standard InChI is InChI=1S/C15H20N4O5/c1-4-15(5-2)13(22)19(14(23)18-15)7-12(21)24-8-11(20)10(6-16)9(3)17/h10H,3-5,7-8,17H2,1-2H3,(H,18,23)/t10-/m1/s1. The van der Waals surface area contributed by atoms with Crippen LogP contribution in [0.3, 0.4) is 0 Å². The molecular weight excluding hydrogens is 316 g/mol. The molecule has 1 aliphatic rings. The number of ketones is 1. The Morgan fingerprint density at radius 2 is 2.00 bits per heavy atom. The lowest BCUT2D eigenvalue weighted by Crippen LogP contribution is -2.46. The summed E-state index contributed by atoms with van der Waals surface area (Å²) < 4.78 is 4.72. The Bertz CT molecular complexity index is 618. The zero-order chi connectivity index (χ0) is 18.5. The number of nitriles is 1. The molecular formula is C15H20N4O5. The number of carbonyl (C=O) groups is 4. The van der Waals surface area contributed by atoms with Crippen molar-refractivity contribution in [3.8, 4) is 6.07 Å². The van der Waals surface area contributed by atoms with Crippen LogP contribution in [0.2, 0.25) is 0 Å². The zero-order valence-electron chi connectivity index (χ0n) is 13.6. The van der Waals surface area contributed by atoms with Crippen LogP contribution in [0.1, 0.15) is 26.7 Å². The maximum absolute atomic E-state index is 12.3. The summed E-state index contributed by atoms with van der Waals surface area (Å²) in [4.78, 5) is 48.4. The summed E-state index contributed by atoms with van der Waals surface area (Å²) in [7, 11) is 0. The molecule has 0 aromatic heterocycles. The smallest absolute Gasteiger partial charge is 0.326 e. The van der Waals surface area contributed by atoms with Crippen molar-refractivity contribution in [2.24, 2.45) is 11.7 Å². The van der Waals surface area contributed by atoms with Gasteiger partial charge in [-0.2, -0.15) is 5.26 Å². The molecule has 0 unspecified atom stereocenters. The summed E-state index contributed by atoms with van der Waals surface area (Å²) in [5.74, 6) is -3.45.